The van der Waals surface area contributed by atoms with Crippen molar-refractivity contribution in [2.24, 2.45) is 30.7 Å². The smallest absolute Gasteiger partial charge is 0.433 e. The van der Waals surface area contributed by atoms with E-state index in [0.717, 1.165) is 49.1 Å². The maximum Gasteiger partial charge on any atom is 0.433 e. The molecule has 2 bridgehead atoms. The molecule has 5 atom stereocenters. The number of ether oxygens (including phenoxy) is 10. The highest BCUT2D eigenvalue weighted by Gasteiger charge is 2.51. The van der Waals surface area contributed by atoms with Crippen LogP contribution in [0.25, 0.3) is 11.5 Å². The molecule has 3 N–H and O–H groups in total. The Bertz CT molecular complexity index is 5190. The first-order chi connectivity index (χ1) is 55.5. The van der Waals surface area contributed by atoms with Crippen LogP contribution in [0, 0.1) is 29.5 Å². The van der Waals surface area contributed by atoms with Crippen LogP contribution in [0.3, 0.4) is 0 Å². The fourth-order valence-corrected chi connectivity index (χ4v) is 13.5. The number of fused-ring (bicyclic) bond motifs is 3. The first-order valence-electron chi connectivity index (χ1n) is 34.6. The minimum Gasteiger partial charge on any atom is -0.481 e. The average molecular weight is 1730 g/mol. The number of anilines is 1. The van der Waals surface area contributed by atoms with Crippen molar-refractivity contribution in [3.8, 4) is 40.7 Å². The number of rotatable bonds is 28. The fraction of sp³-hybridized carbons (Fsp3) is 0.437. The minimum absolute atomic E-state index is 0.0386. The number of hydrogen-bond donors (Lipinski definition) is 3. The third-order valence-corrected chi connectivity index (χ3v) is 19.2. The van der Waals surface area contributed by atoms with E-state index in [9.17, 15) is 109 Å². The van der Waals surface area contributed by atoms with Crippen molar-refractivity contribution in [1.82, 2.24) is 48.7 Å². The van der Waals surface area contributed by atoms with Gasteiger partial charge in [-0.25, -0.2) is 46.8 Å². The van der Waals surface area contributed by atoms with Crippen molar-refractivity contribution in [3.05, 3.63) is 156 Å². The molecule has 11 rings (SSSR count). The van der Waals surface area contributed by atoms with Crippen molar-refractivity contribution < 1.29 is 147 Å². The molecule has 0 amide bonds. The third kappa shape index (κ3) is 22.7. The van der Waals surface area contributed by atoms with Crippen LogP contribution in [0.1, 0.15) is 100 Å². The number of hydrogen-bond acceptors (Lipinski definition) is 28. The molecule has 5 unspecified atom stereocenters. The molecule has 0 saturated heterocycles. The Morgan fingerprint density at radius 2 is 1.30 bits per heavy atom. The topological polar surface area (TPSA) is 403 Å². The molecule has 32 nitrogen and oxygen atoms in total. The fourth-order valence-electron chi connectivity index (χ4n) is 12.0. The number of aromatic nitrogens is 10. The molecular formula is C71H71ClF13N11O21S. The Hall–Kier alpha value is -10.8. The largest absolute Gasteiger partial charge is 0.481 e. The number of aliphatic hydroxyl groups excluding tert-OH is 2. The van der Waals surface area contributed by atoms with Crippen molar-refractivity contribution in [2.75, 3.05) is 79.9 Å². The van der Waals surface area contributed by atoms with Gasteiger partial charge in [0.15, 0.2) is 40.1 Å². The van der Waals surface area contributed by atoms with Gasteiger partial charge in [-0.3, -0.25) is 33.3 Å². The first kappa shape index (κ1) is 92.8. The van der Waals surface area contributed by atoms with Crippen molar-refractivity contribution in [3.63, 3.8) is 0 Å². The summed E-state index contributed by atoms with van der Waals surface area (Å²) in [6, 6.07) is 9.84. The summed E-state index contributed by atoms with van der Waals surface area (Å²) < 4.78 is 251. The number of nitrogens with one attached hydrogen (secondary N) is 1. The average Bonchev–Trinajstić information content (AvgIpc) is 1.24. The highest BCUT2D eigenvalue weighted by molar-refractivity contribution is 7.92. The Morgan fingerprint density at radius 3 is 1.85 bits per heavy atom. The predicted octanol–water partition coefficient (Wildman–Crippen LogP) is 9.44. The van der Waals surface area contributed by atoms with E-state index in [2.05, 4.69) is 35.0 Å². The summed E-state index contributed by atoms with van der Waals surface area (Å²) in [6.07, 6.45) is -17.2. The van der Waals surface area contributed by atoms with Crippen LogP contribution in [-0.2, 0) is 93.1 Å². The molecule has 1 aromatic carbocycles. The molecule has 47 heteroatoms. The molecule has 3 aliphatic rings. The maximum absolute atomic E-state index is 14.7. The number of benzene rings is 1. The van der Waals surface area contributed by atoms with Crippen molar-refractivity contribution in [2.45, 2.75) is 101 Å². The number of aliphatic hydroxyl groups is 2. The van der Waals surface area contributed by atoms with Gasteiger partial charge >= 0.3 is 30.4 Å². The van der Waals surface area contributed by atoms with E-state index in [1.807, 2.05) is 4.72 Å². The molecule has 7 heterocycles. The lowest BCUT2D eigenvalue weighted by Crippen LogP contribution is -2.45. The molecule has 0 aliphatic heterocycles. The second-order valence-electron chi connectivity index (χ2n) is 25.3. The molecule has 3 fully saturated rings. The summed E-state index contributed by atoms with van der Waals surface area (Å²) in [6.45, 7) is 1.52. The normalized spacial score (nSPS) is 16.7. The van der Waals surface area contributed by atoms with Crippen LogP contribution in [0.15, 0.2) is 93.6 Å². The van der Waals surface area contributed by atoms with Crippen molar-refractivity contribution >= 4 is 62.3 Å². The number of methoxy groups -OCH3 is 5. The summed E-state index contributed by atoms with van der Waals surface area (Å²) in [5.74, 6) is -8.81. The van der Waals surface area contributed by atoms with Gasteiger partial charge in [0.05, 0.1) is 101 Å². The Labute approximate surface area is 663 Å². The highest BCUT2D eigenvalue weighted by atomic mass is 35.5. The van der Waals surface area contributed by atoms with E-state index < -0.39 is 144 Å². The summed E-state index contributed by atoms with van der Waals surface area (Å²) in [7, 11) is 2.47. The number of halogens is 14. The Morgan fingerprint density at radius 1 is 0.695 bits per heavy atom. The van der Waals surface area contributed by atoms with Crippen molar-refractivity contribution in [1.29, 1.82) is 0 Å². The van der Waals surface area contributed by atoms with E-state index in [0.29, 0.717) is 43.9 Å². The second kappa shape index (κ2) is 39.7. The number of sulfonamides is 1. The number of pyridine rings is 4. The standard InChI is InChI=1S/C21H18ClF4N3O6.C19H22F3NO5.C17H18F3NO5.C14H13F3N6O5S/c1-3-33-18(31)10-34-19-14(5-4-6-27-19)35-15-8-13(12(23)7-11(15)22)29-17(30)9-16(21(24,25)26)28(2)20(29)32;1-27-6-7-28-9-13-12(4-5-14(23-13)19(20,21)22)18(26)15-16(24)10-2-3-11(8-10)17(15)25;1-25-7-8-26-9-11-10(5-6-14(21-11)17(18,19)20)16(24)15-12(22)3-2-4-13(15)23;1-26-8-6-9(27-2)23-13(19-8)20-12(21-23)22-29(24,25)10-7(14(15,16)17)4-5-18-11(10)28-3/h4-9,18,31H,3,10H2,1-2H3;4-5,10-11,15-16,24H,2-3,6-9H2,1H3;5-6,15H,2-4,7-9H2,1H3;4-6H,1-3H3,(H,21,22). The van der Waals surface area contributed by atoms with Gasteiger partial charge in [-0.05, 0) is 87.1 Å². The van der Waals surface area contributed by atoms with Gasteiger partial charge in [-0.15, -0.1) is 5.10 Å². The number of carbonyl (C=O) groups is 5. The van der Waals surface area contributed by atoms with Gasteiger partial charge < -0.3 is 57.6 Å². The molecule has 8 aromatic rings. The molecule has 640 valence electrons. The molecule has 7 aromatic heterocycles. The Kier molecular flexibility index (Phi) is 31.2. The van der Waals surface area contributed by atoms with Gasteiger partial charge in [0, 0.05) is 82.3 Å². The number of alkyl halides is 12. The predicted molar refractivity (Wildman–Crippen MR) is 378 cm³/mol. The molecule has 3 aliphatic carbocycles. The van der Waals surface area contributed by atoms with Crippen LogP contribution < -0.4 is 39.7 Å². The van der Waals surface area contributed by atoms with Gasteiger partial charge in [0.25, 0.3) is 33.2 Å². The quantitative estimate of drug-likeness (QED) is 0.0135. The third-order valence-electron chi connectivity index (χ3n) is 17.5. The molecule has 118 heavy (non-hydrogen) atoms. The highest BCUT2D eigenvalue weighted by Crippen LogP contribution is 2.45. The minimum atomic E-state index is -4.98. The Balaban J connectivity index is 0.000000197. The van der Waals surface area contributed by atoms with Gasteiger partial charge in [0.2, 0.25) is 17.6 Å². The lowest BCUT2D eigenvalue weighted by molar-refractivity contribution is -0.144. The molecule has 0 radical (unpaired) electrons. The summed E-state index contributed by atoms with van der Waals surface area (Å²) in [4.78, 5) is 108. The van der Waals surface area contributed by atoms with E-state index in [1.165, 1.54) is 52.8 Å². The SMILES string of the molecule is CCOC(O)COc1ncccc1Oc1cc(-n2c(=O)cc(C(F)(F)F)n(C)c2=O)c(F)cc1Cl.COCCOCc1nc(C(F)(F)F)ccc1C(=O)C1C(=O)C2CCC(C2)C1O.COCCOCc1nc(C(F)(F)F)ccc1C(=O)C1C(=O)CCCC1=O.COc1cc(OC)n2nc(NS(=O)(=O)c3c(C(F)(F)F)ccnc3OC)nc2n1. The second-order valence-corrected chi connectivity index (χ2v) is 27.3. The monoisotopic (exact) mass is 1730 g/mol. The molecule has 0 spiro atoms. The van der Waals surface area contributed by atoms with Crippen LogP contribution in [0.4, 0.5) is 63.0 Å². The van der Waals surface area contributed by atoms with Gasteiger partial charge in [0.1, 0.15) is 52.9 Å². The zero-order valence-corrected chi connectivity index (χ0v) is 64.3. The number of nitrogens with zero attached hydrogens (tertiary/aromatic N) is 10. The van der Waals surface area contributed by atoms with Gasteiger partial charge in [-0.2, -0.15) is 67.2 Å². The van der Waals surface area contributed by atoms with E-state index in [4.69, 9.17) is 59.0 Å². The zero-order chi connectivity index (χ0) is 87.1. The first-order valence-corrected chi connectivity index (χ1v) is 36.5. The number of Topliss-reactive ketones (excluding diaryl/α,β-unsaturated/α-hetero) is 5. The van der Waals surface area contributed by atoms with E-state index in [1.54, 1.807) is 6.92 Å². The van der Waals surface area contributed by atoms with Crippen LogP contribution in [0.2, 0.25) is 5.02 Å². The van der Waals surface area contributed by atoms with Gasteiger partial charge in [-0.1, -0.05) is 11.6 Å². The lowest BCUT2D eigenvalue weighted by Gasteiger charge is -2.31. The van der Waals surface area contributed by atoms with Crippen LogP contribution in [0.5, 0.6) is 35.0 Å². The lowest BCUT2D eigenvalue weighted by atomic mass is 9.74. The van der Waals surface area contributed by atoms with E-state index in [-0.39, 0.29) is 161 Å². The molecule has 3 saturated carbocycles. The van der Waals surface area contributed by atoms with E-state index >= 15 is 0 Å². The zero-order valence-electron chi connectivity index (χ0n) is 62.7. The summed E-state index contributed by atoms with van der Waals surface area (Å²) in [5.41, 5.74) is -9.62. The summed E-state index contributed by atoms with van der Waals surface area (Å²) in [5, 5.41) is 23.7. The molecular weight excluding hydrogens is 1660 g/mol. The number of ketones is 5. The number of carbonyl (C=O) groups excluding carboxylic acids is 5. The maximum atomic E-state index is 14.7. The van der Waals surface area contributed by atoms with Crippen LogP contribution in [-0.4, -0.2) is 184 Å². The van der Waals surface area contributed by atoms with Crippen LogP contribution >= 0.6 is 11.6 Å². The summed E-state index contributed by atoms with van der Waals surface area (Å²) >= 11 is 6.05.